The molecular formula is C8H7NO3P+. The van der Waals surface area contributed by atoms with E-state index in [0.29, 0.717) is 0 Å². The Morgan fingerprint density at radius 1 is 1.38 bits per heavy atom. The first-order chi connectivity index (χ1) is 6.33. The summed E-state index contributed by atoms with van der Waals surface area (Å²) in [4.78, 5) is 0. The predicted octanol–water partition coefficient (Wildman–Crippen LogP) is 2.36. The Morgan fingerprint density at radius 3 is 2.69 bits per heavy atom. The molecule has 0 aliphatic carbocycles. The summed E-state index contributed by atoms with van der Waals surface area (Å²) in [6.07, 6.45) is 1.30. The summed E-state index contributed by atoms with van der Waals surface area (Å²) in [5, 5.41) is 8.00. The van der Waals surface area contributed by atoms with Gasteiger partial charge in [-0.25, -0.2) is 0 Å². The van der Waals surface area contributed by atoms with Crippen molar-refractivity contribution < 1.29 is 13.6 Å². The lowest BCUT2D eigenvalue weighted by atomic mass is 10.2. The predicted molar refractivity (Wildman–Crippen MR) is 45.5 cm³/mol. The van der Waals surface area contributed by atoms with E-state index in [1.165, 1.54) is 6.26 Å². The highest BCUT2D eigenvalue weighted by Crippen LogP contribution is 2.24. The molecule has 0 radical (unpaired) electrons. The molecule has 1 aromatic rings. The van der Waals surface area contributed by atoms with Crippen molar-refractivity contribution in [1.82, 2.24) is 0 Å². The molecule has 0 heterocycles. The van der Waals surface area contributed by atoms with Gasteiger partial charge in [-0.05, 0) is 5.56 Å². The molecule has 4 nitrogen and oxygen atoms in total. The monoisotopic (exact) mass is 196 g/mol. The molecule has 0 bridgehead atoms. The molecule has 0 spiro atoms. The number of nitriles is 1. The van der Waals surface area contributed by atoms with Crippen molar-refractivity contribution in [2.45, 2.75) is 6.61 Å². The van der Waals surface area contributed by atoms with E-state index in [1.54, 1.807) is 0 Å². The molecule has 0 amide bonds. The molecule has 0 aliphatic rings. The summed E-state index contributed by atoms with van der Waals surface area (Å²) in [7, 11) is -2.32. The first-order valence-corrected chi connectivity index (χ1v) is 4.62. The summed E-state index contributed by atoms with van der Waals surface area (Å²) in [6.45, 7) is 0.178. The average molecular weight is 196 g/mol. The average Bonchev–Trinajstić information content (AvgIpc) is 2.17. The molecule has 0 saturated carbocycles. The van der Waals surface area contributed by atoms with Gasteiger partial charge in [0.2, 0.25) is 0 Å². The van der Waals surface area contributed by atoms with Crippen LogP contribution in [-0.2, 0) is 20.2 Å². The molecule has 0 fully saturated rings. The van der Waals surface area contributed by atoms with Crippen molar-refractivity contribution in [3.8, 4) is 6.26 Å². The van der Waals surface area contributed by atoms with Gasteiger partial charge in [0, 0.05) is 4.57 Å². The minimum absolute atomic E-state index is 0.178. The van der Waals surface area contributed by atoms with E-state index in [1.807, 2.05) is 30.3 Å². The van der Waals surface area contributed by atoms with Crippen molar-refractivity contribution in [1.29, 1.82) is 5.26 Å². The van der Waals surface area contributed by atoms with Gasteiger partial charge in [0.1, 0.15) is 6.61 Å². The Bertz CT molecular complexity index is 320. The summed E-state index contributed by atoms with van der Waals surface area (Å²) in [6, 6.07) is 9.22. The van der Waals surface area contributed by atoms with Gasteiger partial charge < -0.3 is 0 Å². The van der Waals surface area contributed by atoms with Crippen LogP contribution in [0.2, 0.25) is 0 Å². The van der Waals surface area contributed by atoms with Gasteiger partial charge in [-0.3, -0.25) is 0 Å². The maximum Gasteiger partial charge on any atom is 0.761 e. The van der Waals surface area contributed by atoms with Gasteiger partial charge in [-0.1, -0.05) is 30.3 Å². The minimum atomic E-state index is -2.32. The number of rotatable bonds is 4. The largest absolute Gasteiger partial charge is 0.761 e. The van der Waals surface area contributed by atoms with Gasteiger partial charge in [0.05, 0.1) is 0 Å². The zero-order valence-electron chi connectivity index (χ0n) is 6.71. The Balaban J connectivity index is 2.36. The fourth-order valence-electron chi connectivity index (χ4n) is 0.761. The van der Waals surface area contributed by atoms with E-state index < -0.39 is 8.25 Å². The molecule has 13 heavy (non-hydrogen) atoms. The van der Waals surface area contributed by atoms with Gasteiger partial charge in [0.15, 0.2) is 0 Å². The second kappa shape index (κ2) is 5.26. The van der Waals surface area contributed by atoms with E-state index in [4.69, 9.17) is 9.79 Å². The zero-order chi connectivity index (χ0) is 9.52. The number of hydrogen-bond acceptors (Lipinski definition) is 4. The van der Waals surface area contributed by atoms with Crippen LogP contribution in [0.15, 0.2) is 30.3 Å². The van der Waals surface area contributed by atoms with Crippen LogP contribution in [0, 0.1) is 11.5 Å². The molecule has 1 unspecified atom stereocenters. The van der Waals surface area contributed by atoms with Crippen LogP contribution in [0.25, 0.3) is 0 Å². The lowest BCUT2D eigenvalue weighted by Crippen LogP contribution is -1.84. The van der Waals surface area contributed by atoms with Crippen molar-refractivity contribution in [2.24, 2.45) is 0 Å². The summed E-state index contributed by atoms with van der Waals surface area (Å²) in [5.41, 5.74) is 0.882. The molecule has 0 aliphatic heterocycles. The maximum atomic E-state index is 10.7. The highest BCUT2D eigenvalue weighted by atomic mass is 31.1. The van der Waals surface area contributed by atoms with Crippen molar-refractivity contribution in [3.63, 3.8) is 0 Å². The molecule has 1 rings (SSSR count). The van der Waals surface area contributed by atoms with Crippen molar-refractivity contribution in [2.75, 3.05) is 0 Å². The third kappa shape index (κ3) is 3.66. The van der Waals surface area contributed by atoms with Crippen LogP contribution in [-0.4, -0.2) is 0 Å². The van der Waals surface area contributed by atoms with Gasteiger partial charge in [-0.15, -0.1) is 14.3 Å². The zero-order valence-corrected chi connectivity index (χ0v) is 7.61. The standard InChI is InChI=1S/C8H7NO3P/c9-7-12-13(10)11-6-8-4-2-1-3-5-8/h1-5H,6H2/q+1. The second-order valence-electron chi connectivity index (χ2n) is 2.17. The molecular weight excluding hydrogens is 189 g/mol. The van der Waals surface area contributed by atoms with Crippen LogP contribution >= 0.6 is 8.25 Å². The van der Waals surface area contributed by atoms with Gasteiger partial charge in [0.25, 0.3) is 0 Å². The van der Waals surface area contributed by atoms with Crippen LogP contribution in [0.1, 0.15) is 5.56 Å². The third-order valence-electron chi connectivity index (χ3n) is 1.29. The fraction of sp³-hybridized carbons (Fsp3) is 0.125. The third-order valence-corrected chi connectivity index (χ3v) is 1.87. The highest BCUT2D eigenvalue weighted by Gasteiger charge is 2.20. The van der Waals surface area contributed by atoms with Crippen LogP contribution in [0.4, 0.5) is 0 Å². The first-order valence-electron chi connectivity index (χ1n) is 3.53. The highest BCUT2D eigenvalue weighted by molar-refractivity contribution is 7.33. The smallest absolute Gasteiger partial charge is 0.145 e. The van der Waals surface area contributed by atoms with E-state index in [9.17, 15) is 4.57 Å². The van der Waals surface area contributed by atoms with Gasteiger partial charge >= 0.3 is 14.5 Å². The quantitative estimate of drug-likeness (QED) is 0.547. The Morgan fingerprint density at radius 2 is 2.08 bits per heavy atom. The normalized spacial score (nSPS) is 10.2. The fourth-order valence-corrected chi connectivity index (χ4v) is 1.14. The van der Waals surface area contributed by atoms with Crippen molar-refractivity contribution >= 4 is 8.25 Å². The van der Waals surface area contributed by atoms with E-state index in [2.05, 4.69) is 4.52 Å². The summed E-state index contributed by atoms with van der Waals surface area (Å²) >= 11 is 0. The van der Waals surface area contributed by atoms with E-state index in [0.717, 1.165) is 5.56 Å². The molecule has 0 aromatic heterocycles. The number of hydrogen-bond donors (Lipinski definition) is 0. The molecule has 5 heteroatoms. The van der Waals surface area contributed by atoms with Gasteiger partial charge in [-0.2, -0.15) is 0 Å². The summed E-state index contributed by atoms with van der Waals surface area (Å²) in [5.74, 6) is 0. The Labute approximate surface area is 76.7 Å². The van der Waals surface area contributed by atoms with Crippen LogP contribution < -0.4 is 0 Å². The minimum Gasteiger partial charge on any atom is -0.145 e. The topological polar surface area (TPSA) is 59.3 Å². The first kappa shape index (κ1) is 9.66. The molecule has 1 atom stereocenters. The maximum absolute atomic E-state index is 10.7. The SMILES string of the molecule is N#CO[P+](=O)OCc1ccccc1. The molecule has 0 saturated heterocycles. The molecule has 1 aromatic carbocycles. The Kier molecular flexibility index (Phi) is 3.90. The van der Waals surface area contributed by atoms with Crippen LogP contribution in [0.3, 0.4) is 0 Å². The van der Waals surface area contributed by atoms with E-state index >= 15 is 0 Å². The molecule has 0 N–H and O–H groups in total. The van der Waals surface area contributed by atoms with Crippen molar-refractivity contribution in [3.05, 3.63) is 35.9 Å². The lowest BCUT2D eigenvalue weighted by molar-refractivity contribution is 0.267. The lowest BCUT2D eigenvalue weighted by Gasteiger charge is -1.91. The Hall–Kier alpha value is -1.43. The van der Waals surface area contributed by atoms with E-state index in [-0.39, 0.29) is 6.61 Å². The second-order valence-corrected chi connectivity index (χ2v) is 3.05. The van der Waals surface area contributed by atoms with Crippen LogP contribution in [0.5, 0.6) is 0 Å². The number of nitrogens with zero attached hydrogens (tertiary/aromatic N) is 1. The molecule has 66 valence electrons. The number of benzene rings is 1. The summed E-state index contributed by atoms with van der Waals surface area (Å²) < 4.78 is 19.5.